The first-order valence-electron chi connectivity index (χ1n) is 10.4. The minimum Gasteiger partial charge on any atom is -0.457 e. The van der Waals surface area contributed by atoms with E-state index in [0.717, 1.165) is 4.90 Å². The first-order valence-corrected chi connectivity index (χ1v) is 10.8. The number of rotatable bonds is 6. The predicted molar refractivity (Wildman–Crippen MR) is 128 cm³/mol. The number of para-hydroxylation sites is 1. The second kappa shape index (κ2) is 9.71. The van der Waals surface area contributed by atoms with Gasteiger partial charge in [-0.05, 0) is 61.5 Å². The Kier molecular flexibility index (Phi) is 6.56. The van der Waals surface area contributed by atoms with Crippen LogP contribution in [-0.4, -0.2) is 24.3 Å². The van der Waals surface area contributed by atoms with Crippen LogP contribution in [0.2, 0.25) is 5.02 Å². The summed E-state index contributed by atoms with van der Waals surface area (Å²) in [4.78, 5) is 38.6. The summed E-state index contributed by atoms with van der Waals surface area (Å²) in [6.07, 6.45) is 1.66. The average molecular weight is 461 g/mol. The van der Waals surface area contributed by atoms with Crippen molar-refractivity contribution < 1.29 is 19.1 Å². The highest BCUT2D eigenvalue weighted by molar-refractivity contribution is 6.32. The minimum atomic E-state index is -0.386. The lowest BCUT2D eigenvalue weighted by atomic mass is 10.1. The molecule has 0 bridgehead atoms. The van der Waals surface area contributed by atoms with E-state index in [-0.39, 0.29) is 24.1 Å². The molecule has 3 aromatic carbocycles. The van der Waals surface area contributed by atoms with Gasteiger partial charge in [0.05, 0.1) is 12.1 Å². The van der Waals surface area contributed by atoms with Crippen LogP contribution in [0.5, 0.6) is 11.5 Å². The highest BCUT2D eigenvalue weighted by atomic mass is 35.5. The zero-order valence-corrected chi connectivity index (χ0v) is 18.6. The molecule has 0 aromatic heterocycles. The lowest BCUT2D eigenvalue weighted by molar-refractivity contribution is -0.120. The lowest BCUT2D eigenvalue weighted by Crippen LogP contribution is -2.28. The summed E-state index contributed by atoms with van der Waals surface area (Å²) in [7, 11) is 0. The number of carbonyl (C=O) groups excluding carboxylic acids is 3. The summed E-state index contributed by atoms with van der Waals surface area (Å²) >= 11 is 6.02. The fourth-order valence-electron chi connectivity index (χ4n) is 3.51. The maximum absolute atomic E-state index is 13.0. The van der Waals surface area contributed by atoms with Crippen molar-refractivity contribution in [2.75, 3.05) is 11.4 Å². The fraction of sp³-hybridized carbons (Fsp3) is 0.115. The maximum Gasteiger partial charge on any atom is 0.261 e. The molecule has 1 aliphatic heterocycles. The van der Waals surface area contributed by atoms with E-state index >= 15 is 0 Å². The average Bonchev–Trinajstić information content (AvgIpc) is 3.08. The first-order chi connectivity index (χ1) is 16.0. The number of halogens is 1. The van der Waals surface area contributed by atoms with Gasteiger partial charge < -0.3 is 10.1 Å². The summed E-state index contributed by atoms with van der Waals surface area (Å²) in [6, 6.07) is 20.7. The Labute approximate surface area is 196 Å². The third-order valence-corrected chi connectivity index (χ3v) is 5.30. The van der Waals surface area contributed by atoms with Gasteiger partial charge in [-0.2, -0.15) is 0 Å². The van der Waals surface area contributed by atoms with Gasteiger partial charge in [-0.1, -0.05) is 35.9 Å². The number of carbonyl (C=O) groups is 3. The summed E-state index contributed by atoms with van der Waals surface area (Å²) in [5, 5.41) is 3.20. The van der Waals surface area contributed by atoms with Crippen LogP contribution < -0.4 is 15.0 Å². The molecule has 1 fully saturated rings. The van der Waals surface area contributed by atoms with Crippen molar-refractivity contribution in [3.63, 3.8) is 0 Å². The van der Waals surface area contributed by atoms with E-state index in [9.17, 15) is 14.4 Å². The van der Waals surface area contributed by atoms with E-state index in [1.165, 1.54) is 0 Å². The number of amides is 3. The number of nitrogens with one attached hydrogen (secondary N) is 1. The molecule has 0 atom stereocenters. The Morgan fingerprint density at radius 1 is 1.06 bits per heavy atom. The Balaban J connectivity index is 1.57. The normalized spacial score (nSPS) is 14.6. The molecule has 1 N–H and O–H groups in total. The topological polar surface area (TPSA) is 75.7 Å². The maximum atomic E-state index is 13.0. The van der Waals surface area contributed by atoms with Crippen molar-refractivity contribution in [3.8, 4) is 11.5 Å². The standard InChI is InChI=1S/C26H21ClN2O4/c1-2-28-25(31)17-10-12-22(13-11-17)33-23-9-4-3-6-18(23)14-19-15-24(30)29(26(19)32)21-8-5-7-20(27)16-21/h3-14,16H,2,15H2,1H3,(H,28,31)/b19-14-. The molecule has 0 radical (unpaired) electrons. The SMILES string of the molecule is CCNC(=O)c1ccc(Oc2ccccc2/C=C2/CC(=O)N(c3cccc(Cl)c3)C2=O)cc1. The van der Waals surface area contributed by atoms with Crippen LogP contribution in [0.15, 0.2) is 78.4 Å². The van der Waals surface area contributed by atoms with Crippen molar-refractivity contribution in [3.05, 3.63) is 94.5 Å². The van der Waals surface area contributed by atoms with E-state index in [2.05, 4.69) is 5.32 Å². The van der Waals surface area contributed by atoms with Gasteiger partial charge in [0, 0.05) is 28.3 Å². The monoisotopic (exact) mass is 460 g/mol. The second-order valence-electron chi connectivity index (χ2n) is 7.38. The van der Waals surface area contributed by atoms with Crippen LogP contribution in [0, 0.1) is 0 Å². The summed E-state index contributed by atoms with van der Waals surface area (Å²) in [5.74, 6) is 0.222. The molecule has 4 rings (SSSR count). The Morgan fingerprint density at radius 3 is 2.55 bits per heavy atom. The van der Waals surface area contributed by atoms with Crippen LogP contribution in [0.3, 0.4) is 0 Å². The van der Waals surface area contributed by atoms with Crippen molar-refractivity contribution in [1.82, 2.24) is 5.32 Å². The molecule has 1 saturated heterocycles. The Hall–Kier alpha value is -3.90. The van der Waals surface area contributed by atoms with Gasteiger partial charge in [-0.3, -0.25) is 14.4 Å². The number of benzene rings is 3. The van der Waals surface area contributed by atoms with E-state index in [0.29, 0.717) is 45.5 Å². The number of hydrogen-bond acceptors (Lipinski definition) is 4. The number of imide groups is 1. The lowest BCUT2D eigenvalue weighted by Gasteiger charge is -2.13. The van der Waals surface area contributed by atoms with Crippen LogP contribution in [-0.2, 0) is 9.59 Å². The number of anilines is 1. The molecule has 33 heavy (non-hydrogen) atoms. The van der Waals surface area contributed by atoms with Gasteiger partial charge >= 0.3 is 0 Å². The molecule has 6 nitrogen and oxygen atoms in total. The molecule has 0 saturated carbocycles. The number of nitrogens with zero attached hydrogens (tertiary/aromatic N) is 1. The second-order valence-corrected chi connectivity index (χ2v) is 7.82. The van der Waals surface area contributed by atoms with Crippen molar-refractivity contribution >= 4 is 41.1 Å². The van der Waals surface area contributed by atoms with Gasteiger partial charge in [-0.15, -0.1) is 0 Å². The number of ether oxygens (including phenoxy) is 1. The van der Waals surface area contributed by atoms with Crippen molar-refractivity contribution in [2.24, 2.45) is 0 Å². The molecule has 1 heterocycles. The van der Waals surface area contributed by atoms with Crippen LogP contribution in [0.25, 0.3) is 6.08 Å². The molecule has 0 unspecified atom stereocenters. The first kappa shape index (κ1) is 22.3. The van der Waals surface area contributed by atoms with Crippen LogP contribution in [0.4, 0.5) is 5.69 Å². The van der Waals surface area contributed by atoms with E-state index in [1.54, 1.807) is 60.7 Å². The highest BCUT2D eigenvalue weighted by Gasteiger charge is 2.35. The van der Waals surface area contributed by atoms with Gasteiger partial charge in [0.1, 0.15) is 11.5 Å². The predicted octanol–water partition coefficient (Wildman–Crippen LogP) is 5.23. The van der Waals surface area contributed by atoms with Gasteiger partial charge in [0.15, 0.2) is 0 Å². The molecule has 1 aliphatic rings. The molecule has 0 aliphatic carbocycles. The summed E-state index contributed by atoms with van der Waals surface area (Å²) in [6.45, 7) is 2.41. The third kappa shape index (κ3) is 4.96. The smallest absolute Gasteiger partial charge is 0.261 e. The number of hydrogen-bond donors (Lipinski definition) is 1. The van der Waals surface area contributed by atoms with Gasteiger partial charge in [0.25, 0.3) is 11.8 Å². The highest BCUT2D eigenvalue weighted by Crippen LogP contribution is 2.32. The zero-order valence-electron chi connectivity index (χ0n) is 17.9. The van der Waals surface area contributed by atoms with Crippen LogP contribution in [0.1, 0.15) is 29.3 Å². The minimum absolute atomic E-state index is 0.0130. The largest absolute Gasteiger partial charge is 0.457 e. The zero-order chi connectivity index (χ0) is 23.4. The summed E-state index contributed by atoms with van der Waals surface area (Å²) < 4.78 is 6.00. The molecule has 7 heteroatoms. The molecule has 3 aromatic rings. The third-order valence-electron chi connectivity index (χ3n) is 5.07. The van der Waals surface area contributed by atoms with Gasteiger partial charge in [0.2, 0.25) is 5.91 Å². The molecule has 3 amide bonds. The fourth-order valence-corrected chi connectivity index (χ4v) is 3.69. The Bertz CT molecular complexity index is 1250. The van der Waals surface area contributed by atoms with E-state index in [1.807, 2.05) is 25.1 Å². The van der Waals surface area contributed by atoms with E-state index < -0.39 is 0 Å². The molecular formula is C26H21ClN2O4. The van der Waals surface area contributed by atoms with Crippen LogP contribution >= 0.6 is 11.6 Å². The van der Waals surface area contributed by atoms with Gasteiger partial charge in [-0.25, -0.2) is 4.90 Å². The van der Waals surface area contributed by atoms with Crippen molar-refractivity contribution in [1.29, 1.82) is 0 Å². The summed E-state index contributed by atoms with van der Waals surface area (Å²) in [5.41, 5.74) is 2.01. The molecule has 0 spiro atoms. The molecule has 166 valence electrons. The van der Waals surface area contributed by atoms with Crippen molar-refractivity contribution in [2.45, 2.75) is 13.3 Å². The Morgan fingerprint density at radius 2 is 1.82 bits per heavy atom. The molecular weight excluding hydrogens is 440 g/mol. The van der Waals surface area contributed by atoms with E-state index in [4.69, 9.17) is 16.3 Å². The quantitative estimate of drug-likeness (QED) is 0.403.